The average Bonchev–Trinajstić information content (AvgIpc) is 1.62. The number of aromatic nitrogens is 5. The Kier molecular flexibility index (Phi) is 24.6. The molecular weight excluding hydrogens is 2160 g/mol. The Balaban J connectivity index is 0.000000151. The first-order valence-corrected chi connectivity index (χ1v) is 45.6. The summed E-state index contributed by atoms with van der Waals surface area (Å²) >= 11 is 0. The summed E-state index contributed by atoms with van der Waals surface area (Å²) in [5.41, 5.74) is 21.6. The molecule has 133 heavy (non-hydrogen) atoms. The Morgan fingerprint density at radius 1 is 0.256 bits per heavy atom. The van der Waals surface area contributed by atoms with Gasteiger partial charge >= 0.3 is 20.1 Å². The fourth-order valence-electron chi connectivity index (χ4n) is 21.3. The smallest absolute Gasteiger partial charge is 0.512 e. The average molecular weight is 2260 g/mol. The van der Waals surface area contributed by atoms with Gasteiger partial charge in [0.25, 0.3) is 0 Å². The van der Waals surface area contributed by atoms with Crippen molar-refractivity contribution in [2.45, 2.75) is 54.8 Å². The molecular formula is C121H96Ir3N5O4-2. The number of pyridine rings is 5. The second kappa shape index (κ2) is 36.5. The molecule has 0 amide bonds. The molecule has 0 saturated heterocycles. The molecule has 31 rings (SSSR count). The number of hydrogen-bond donors (Lipinski definition) is 2. The Morgan fingerprint density at radius 2 is 0.504 bits per heavy atom. The van der Waals surface area contributed by atoms with E-state index in [-0.39, 0.29) is 94.2 Å². The van der Waals surface area contributed by atoms with Gasteiger partial charge in [-0.05, 0) is 249 Å². The molecule has 11 aromatic rings. The predicted molar refractivity (Wildman–Crippen MR) is 517 cm³/mol. The number of ketones is 2. The monoisotopic (exact) mass is 2260 g/mol. The fourth-order valence-corrected chi connectivity index (χ4v) is 21.3. The maximum absolute atomic E-state index is 10.0. The van der Waals surface area contributed by atoms with Gasteiger partial charge in [-0.15, -0.1) is 60.8 Å². The number of aliphatic hydroxyl groups excluding tert-OH is 2. The SMILES string of the molecule is CC(=O)C=C(C)O.CC(=O)C=C(C)O.[C-]1=CC2C3C=CC1(c1cc(-c4ccc(-c5ccccc5)cc4)ccn1)C=CC23.[C-]1=CC2C3C=CC1(c1ccc(-c4ccccc4-c4cc(-c5ccccc5-c5ccc(C67[C-]=CC8C(C=C6)C8C=C7)nc5)cc(-c5ccccc5-c5ccc(C67[C-]=CC8C(C=C6)C8C=C7)nc5)c4)cn1)C=CC23.[C-]1=CC2C3C=CC1(c1ccccn1)C=CC23.[Ir+3].[Ir].[Ir]. The van der Waals surface area contributed by atoms with E-state index in [1.165, 1.54) is 62.1 Å². The maximum atomic E-state index is 10.0. The van der Waals surface area contributed by atoms with E-state index in [4.69, 9.17) is 30.1 Å². The number of aliphatic hydroxyl groups is 2. The first-order valence-electron chi connectivity index (χ1n) is 45.6. The predicted octanol–water partition coefficient (Wildman–Crippen LogP) is 25.4. The summed E-state index contributed by atoms with van der Waals surface area (Å²) in [7, 11) is 0. The van der Waals surface area contributed by atoms with Crippen molar-refractivity contribution in [3.8, 4) is 89.0 Å². The minimum Gasteiger partial charge on any atom is -0.512 e. The van der Waals surface area contributed by atoms with Gasteiger partial charge in [-0.25, -0.2) is 0 Å². The maximum Gasteiger partial charge on any atom is 3.00 e. The molecule has 6 aromatic carbocycles. The molecule has 2 N–H and O–H groups in total. The van der Waals surface area contributed by atoms with E-state index in [2.05, 4.69) is 406 Å². The molecule has 5 aromatic heterocycles. The molecule has 20 bridgehead atoms. The second-order valence-electron chi connectivity index (χ2n) is 37.3. The van der Waals surface area contributed by atoms with Gasteiger partial charge in [-0.1, -0.05) is 239 Å². The van der Waals surface area contributed by atoms with Crippen LogP contribution in [0.1, 0.15) is 56.2 Å². The van der Waals surface area contributed by atoms with Crippen LogP contribution in [0.5, 0.6) is 0 Å². The molecule has 5 saturated carbocycles. The van der Waals surface area contributed by atoms with Crippen molar-refractivity contribution < 1.29 is 80.1 Å². The van der Waals surface area contributed by atoms with Crippen LogP contribution >= 0.6 is 0 Å². The van der Waals surface area contributed by atoms with Crippen molar-refractivity contribution in [3.63, 3.8) is 0 Å². The summed E-state index contributed by atoms with van der Waals surface area (Å²) in [6, 6.07) is 76.4. The van der Waals surface area contributed by atoms with Crippen LogP contribution in [0.4, 0.5) is 0 Å². The summed E-state index contributed by atoms with van der Waals surface area (Å²) in [6.45, 7) is 5.70. The zero-order valence-corrected chi connectivity index (χ0v) is 81.0. The second-order valence-corrected chi connectivity index (χ2v) is 37.3. The van der Waals surface area contributed by atoms with Gasteiger partial charge in [-0.3, -0.25) is 64.9 Å². The van der Waals surface area contributed by atoms with Crippen molar-refractivity contribution in [2.24, 2.45) is 88.8 Å². The van der Waals surface area contributed by atoms with Crippen LogP contribution in [0.25, 0.3) is 89.0 Å². The van der Waals surface area contributed by atoms with Gasteiger partial charge in [0, 0.05) is 129 Å². The number of benzene rings is 6. The van der Waals surface area contributed by atoms with Crippen LogP contribution in [0, 0.1) is 119 Å². The van der Waals surface area contributed by atoms with Crippen LogP contribution in [-0.4, -0.2) is 46.7 Å². The molecule has 12 heteroatoms. The van der Waals surface area contributed by atoms with Crippen molar-refractivity contribution in [2.75, 3.05) is 0 Å². The summed E-state index contributed by atoms with van der Waals surface area (Å²) < 4.78 is 0. The number of hydrogen-bond acceptors (Lipinski definition) is 9. The molecule has 5 heterocycles. The summed E-state index contributed by atoms with van der Waals surface area (Å²) in [4.78, 5) is 44.8. The van der Waals surface area contributed by atoms with Gasteiger partial charge in [0.2, 0.25) is 0 Å². The summed E-state index contributed by atoms with van der Waals surface area (Å²) in [6.07, 6.45) is 88.8. The Morgan fingerprint density at radius 3 is 0.767 bits per heavy atom. The zero-order valence-electron chi connectivity index (χ0n) is 73.8. The molecule has 20 aliphatic carbocycles. The standard InChI is InChI=1S/C69H48N3.C27H20N.C15H12N.2C5H8O2.3Ir/c1-4-10-52(49(7-1)43-13-16-64(70-40-43)67-28-19-55-56(20-29-67)57(55)21-30-67)46-37-47(53-11-5-2-8-50(53)44-14-17-65(71-41-44)68-31-22-58-59(23-32-68)60(58)24-33-68)39-48(38-46)54-12-6-3-9-51(54)45-15-18-66(72-42-45)69-34-25-61-62(26-35-69)63(61)27-36-69;1-2-4-19(5-3-1)20-6-8-21(9-7-20)22-13-17-28-26(18-22)27-14-10-23-24(11-15-27)25(23)12-16-27;1-2-10-16-14(3-1)15-7-4-11-12(5-8-15)13(11)6-9-15;2*1-4(6)3-5(2)7;;;/h1-29,31-32,34-35,37-42,55-63H;1-15,17-18,23-25H;1-8,10-13H;2*3,6H,1-2H3;;;/q-3;2*-1;;;;;+3. The minimum absolute atomic E-state index is 0. The van der Waals surface area contributed by atoms with Gasteiger partial charge in [0.1, 0.15) is 0 Å². The van der Waals surface area contributed by atoms with E-state index >= 15 is 0 Å². The third-order valence-electron chi connectivity index (χ3n) is 28.9. The van der Waals surface area contributed by atoms with E-state index in [1.807, 2.05) is 24.5 Å². The largest absolute Gasteiger partial charge is 3.00 e. The van der Waals surface area contributed by atoms with Gasteiger partial charge in [0.15, 0.2) is 11.6 Å². The van der Waals surface area contributed by atoms with Crippen molar-refractivity contribution in [1.82, 2.24) is 24.9 Å². The van der Waals surface area contributed by atoms with Crippen LogP contribution in [-0.2, 0) is 97.0 Å². The van der Waals surface area contributed by atoms with Crippen molar-refractivity contribution >= 4 is 11.6 Å². The quantitative estimate of drug-likeness (QED) is 0.0444. The molecule has 2 radical (unpaired) electrons. The van der Waals surface area contributed by atoms with Crippen molar-refractivity contribution in [1.29, 1.82) is 0 Å². The molecule has 0 spiro atoms. The normalized spacial score (nSPS) is 29.8. The molecule has 20 aliphatic rings. The molecule has 658 valence electrons. The fraction of sp³-hybridized carbons (Fsp3) is 0.198. The van der Waals surface area contributed by atoms with Crippen LogP contribution in [0.15, 0.2) is 419 Å². The number of nitrogens with zero attached hydrogens (tertiary/aromatic N) is 5. The number of carbonyl (C=O) groups excluding carboxylic acids is 2. The third kappa shape index (κ3) is 17.3. The Labute approximate surface area is 820 Å². The van der Waals surface area contributed by atoms with Gasteiger partial charge in [-0.2, -0.15) is 0 Å². The number of rotatable bonds is 15. The molecule has 0 aliphatic heterocycles. The Bertz CT molecular complexity index is 6220. The van der Waals surface area contributed by atoms with E-state index in [0.29, 0.717) is 76.9 Å². The zero-order chi connectivity index (χ0) is 88.0. The van der Waals surface area contributed by atoms with E-state index < -0.39 is 16.2 Å². The first kappa shape index (κ1) is 89.7. The van der Waals surface area contributed by atoms with E-state index in [9.17, 15) is 9.59 Å². The van der Waals surface area contributed by atoms with Crippen LogP contribution < -0.4 is 0 Å². The topological polar surface area (TPSA) is 139 Å². The van der Waals surface area contributed by atoms with Gasteiger partial charge < -0.3 is 40.6 Å². The first-order chi connectivity index (χ1) is 63.5. The van der Waals surface area contributed by atoms with Crippen LogP contribution in [0.2, 0.25) is 0 Å². The third-order valence-corrected chi connectivity index (χ3v) is 28.9. The molecule has 9 nitrogen and oxygen atoms in total. The number of allylic oxidation sites excluding steroid dienone is 34. The van der Waals surface area contributed by atoms with Gasteiger partial charge in [0.05, 0.1) is 11.5 Å². The minimum atomic E-state index is -0.428. The van der Waals surface area contributed by atoms with Crippen molar-refractivity contribution in [3.05, 3.63) is 478 Å². The van der Waals surface area contributed by atoms with E-state index in [0.717, 1.165) is 107 Å². The molecule has 5 fully saturated rings. The molecule has 10 atom stereocenters. The molecule has 10 unspecified atom stereocenters. The summed E-state index contributed by atoms with van der Waals surface area (Å²) in [5, 5.41) is 16.7. The summed E-state index contributed by atoms with van der Waals surface area (Å²) in [5.74, 6) is 9.32. The van der Waals surface area contributed by atoms with E-state index in [1.54, 1.807) is 0 Å². The number of carbonyl (C=O) groups is 2. The Hall–Kier alpha value is -12.5. The van der Waals surface area contributed by atoms with Crippen LogP contribution in [0.3, 0.4) is 0 Å².